The first kappa shape index (κ1) is 27.9. The summed E-state index contributed by atoms with van der Waals surface area (Å²) in [6, 6.07) is 19.2. The summed E-state index contributed by atoms with van der Waals surface area (Å²) in [6.45, 7) is 15.8. The quantitative estimate of drug-likeness (QED) is 0.219. The predicted octanol–water partition coefficient (Wildman–Crippen LogP) is 9.25. The summed E-state index contributed by atoms with van der Waals surface area (Å²) in [5.74, 6) is 0. The molecule has 3 nitrogen and oxygen atoms in total. The van der Waals surface area contributed by atoms with Gasteiger partial charge in [-0.3, -0.25) is 0 Å². The lowest BCUT2D eigenvalue weighted by Crippen LogP contribution is -2.22. The van der Waals surface area contributed by atoms with E-state index in [-0.39, 0.29) is 10.8 Å². The molecule has 0 atom stereocenters. The lowest BCUT2D eigenvalue weighted by molar-refractivity contribution is 0.636. The average Bonchev–Trinajstić information content (AvgIpc) is 3.41. The first-order valence-electron chi connectivity index (χ1n) is 14.0. The highest BCUT2D eigenvalue weighted by atomic mass is 32.2. The molecule has 0 radical (unpaired) electrons. The van der Waals surface area contributed by atoms with Crippen LogP contribution in [0.4, 0.5) is 5.69 Å². The highest BCUT2D eigenvalue weighted by Crippen LogP contribution is 2.47. The molecule has 0 unspecified atom stereocenters. The molecule has 4 heteroatoms. The van der Waals surface area contributed by atoms with Crippen LogP contribution < -0.4 is 4.90 Å². The molecule has 204 valence electrons. The molecule has 0 saturated heterocycles. The topological polar surface area (TPSA) is 29.0 Å². The Labute approximate surface area is 244 Å². The summed E-state index contributed by atoms with van der Waals surface area (Å²) in [7, 11) is 2.17. The molecule has 3 aromatic rings. The Morgan fingerprint density at radius 1 is 0.975 bits per heavy atom. The number of benzene rings is 2. The van der Waals surface area contributed by atoms with Crippen LogP contribution in [0.3, 0.4) is 0 Å². The third kappa shape index (κ3) is 5.25. The van der Waals surface area contributed by atoms with E-state index in [2.05, 4.69) is 136 Å². The van der Waals surface area contributed by atoms with Crippen molar-refractivity contribution in [1.82, 2.24) is 9.97 Å². The Hall–Kier alpha value is -3.63. The number of thioether (sulfide) groups is 1. The van der Waals surface area contributed by atoms with Crippen molar-refractivity contribution in [1.29, 1.82) is 0 Å². The van der Waals surface area contributed by atoms with Gasteiger partial charge in [0.2, 0.25) is 0 Å². The number of hydrogen-bond acceptors (Lipinski definition) is 4. The van der Waals surface area contributed by atoms with Crippen LogP contribution in [0.25, 0.3) is 0 Å². The van der Waals surface area contributed by atoms with Gasteiger partial charge in [-0.25, -0.2) is 9.97 Å². The van der Waals surface area contributed by atoms with E-state index in [1.807, 2.05) is 18.5 Å². The summed E-state index contributed by atoms with van der Waals surface area (Å²) in [5, 5.41) is 0.772. The van der Waals surface area contributed by atoms with Crippen molar-refractivity contribution >= 4 is 17.4 Å². The zero-order valence-electron chi connectivity index (χ0n) is 24.5. The Morgan fingerprint density at radius 2 is 1.68 bits per heavy atom. The van der Waals surface area contributed by atoms with E-state index in [0.29, 0.717) is 0 Å². The van der Waals surface area contributed by atoms with Gasteiger partial charge in [0, 0.05) is 46.6 Å². The second-order valence-electron chi connectivity index (χ2n) is 11.7. The molecule has 0 bridgehead atoms. The van der Waals surface area contributed by atoms with E-state index in [4.69, 9.17) is 0 Å². The zero-order chi connectivity index (χ0) is 28.5. The van der Waals surface area contributed by atoms with E-state index in [9.17, 15) is 0 Å². The van der Waals surface area contributed by atoms with Gasteiger partial charge in [0.25, 0.3) is 0 Å². The number of aryl methyl sites for hydroxylation is 1. The van der Waals surface area contributed by atoms with Gasteiger partial charge in [-0.05, 0) is 83.1 Å². The molecule has 1 aliphatic carbocycles. The van der Waals surface area contributed by atoms with E-state index >= 15 is 0 Å². The molecule has 0 N–H and O–H groups in total. The van der Waals surface area contributed by atoms with Crippen molar-refractivity contribution in [2.45, 2.75) is 63.4 Å². The van der Waals surface area contributed by atoms with Crippen molar-refractivity contribution in [3.63, 3.8) is 0 Å². The Balaban J connectivity index is 1.49. The first-order chi connectivity index (χ1) is 19.1. The third-order valence-electron chi connectivity index (χ3n) is 8.47. The number of nitrogens with zero attached hydrogens (tertiary/aromatic N) is 3. The lowest BCUT2D eigenvalue weighted by Gasteiger charge is -2.28. The number of hydrogen-bond donors (Lipinski definition) is 0. The van der Waals surface area contributed by atoms with Gasteiger partial charge in [-0.15, -0.1) is 0 Å². The molecule has 0 saturated carbocycles. The Morgan fingerprint density at radius 3 is 2.40 bits per heavy atom. The first-order valence-corrected chi connectivity index (χ1v) is 14.8. The van der Waals surface area contributed by atoms with Crippen LogP contribution in [-0.2, 0) is 10.8 Å². The molecule has 2 heterocycles. The molecular weight excluding hydrogens is 506 g/mol. The van der Waals surface area contributed by atoms with E-state index < -0.39 is 0 Å². The monoisotopic (exact) mass is 545 g/mol. The number of aromatic nitrogens is 2. The van der Waals surface area contributed by atoms with Crippen LogP contribution in [0.5, 0.6) is 0 Å². The Kier molecular flexibility index (Phi) is 7.74. The standard InChI is InChI=1S/C36H39N3S/c1-25-13-8-9-14-29(25)35(3,4)26(2)17-18-27-19-20-28(33(27)40-34-37-23-12-24-38-34)21-22-32-36(5,6)30-15-10-11-16-31(30)39(32)7/h8-18,21-24H,2,19-20H2,1,3-7H3/b18-17+,28-21+,32-22+. The number of fused-ring (bicyclic) bond motifs is 1. The maximum Gasteiger partial charge on any atom is 0.192 e. The van der Waals surface area contributed by atoms with Gasteiger partial charge in [0.05, 0.1) is 0 Å². The maximum atomic E-state index is 4.52. The molecule has 2 aromatic carbocycles. The minimum atomic E-state index is -0.159. The van der Waals surface area contributed by atoms with Crippen LogP contribution in [-0.4, -0.2) is 17.0 Å². The molecule has 1 aliphatic heterocycles. The molecule has 0 fully saturated rings. The second-order valence-corrected chi connectivity index (χ2v) is 12.7. The normalized spacial score (nSPS) is 18.8. The number of allylic oxidation sites excluding steroid dienone is 8. The van der Waals surface area contributed by atoms with Crippen molar-refractivity contribution in [2.75, 3.05) is 11.9 Å². The number of anilines is 1. The van der Waals surface area contributed by atoms with Gasteiger partial charge in [0.15, 0.2) is 5.16 Å². The summed E-state index contributed by atoms with van der Waals surface area (Å²) >= 11 is 1.66. The second kappa shape index (κ2) is 11.1. The Bertz CT molecular complexity index is 1550. The average molecular weight is 546 g/mol. The summed E-state index contributed by atoms with van der Waals surface area (Å²) in [5.41, 5.74) is 10.1. The van der Waals surface area contributed by atoms with E-state index in [1.165, 1.54) is 44.1 Å². The van der Waals surface area contributed by atoms with Crippen molar-refractivity contribution in [3.05, 3.63) is 142 Å². The summed E-state index contributed by atoms with van der Waals surface area (Å²) < 4.78 is 0. The summed E-state index contributed by atoms with van der Waals surface area (Å²) in [6.07, 6.45) is 14.7. The fraction of sp³-hybridized carbons (Fsp3) is 0.278. The molecule has 1 aromatic heterocycles. The van der Waals surface area contributed by atoms with Crippen LogP contribution in [0.2, 0.25) is 0 Å². The van der Waals surface area contributed by atoms with Gasteiger partial charge in [0.1, 0.15) is 0 Å². The number of rotatable bonds is 7. The largest absolute Gasteiger partial charge is 0.347 e. The fourth-order valence-electron chi connectivity index (χ4n) is 5.92. The van der Waals surface area contributed by atoms with Crippen molar-refractivity contribution in [2.24, 2.45) is 0 Å². The molecule has 5 rings (SSSR count). The van der Waals surface area contributed by atoms with E-state index in [1.54, 1.807) is 11.8 Å². The highest BCUT2D eigenvalue weighted by Gasteiger charge is 2.37. The van der Waals surface area contributed by atoms with Crippen LogP contribution in [0, 0.1) is 6.92 Å². The molecule has 0 amide bonds. The molecule has 2 aliphatic rings. The minimum absolute atomic E-state index is 0.0534. The molecular formula is C36H39N3S. The van der Waals surface area contributed by atoms with Gasteiger partial charge in [-0.1, -0.05) is 95.0 Å². The van der Waals surface area contributed by atoms with Crippen molar-refractivity contribution < 1.29 is 0 Å². The van der Waals surface area contributed by atoms with Crippen LogP contribution in [0.1, 0.15) is 57.2 Å². The smallest absolute Gasteiger partial charge is 0.192 e. The predicted molar refractivity (Wildman–Crippen MR) is 171 cm³/mol. The SMILES string of the molecule is C=C(/C=C/C1=C(Sc2ncccn2)C(=C/C=C2/N(C)c3ccccc3C2(C)C)/CC1)C(C)(C)c1ccccc1C. The minimum Gasteiger partial charge on any atom is -0.347 e. The zero-order valence-corrected chi connectivity index (χ0v) is 25.3. The van der Waals surface area contributed by atoms with Crippen LogP contribution in [0.15, 0.2) is 130 Å². The van der Waals surface area contributed by atoms with Crippen LogP contribution >= 0.6 is 11.8 Å². The summed E-state index contributed by atoms with van der Waals surface area (Å²) in [4.78, 5) is 12.6. The fourth-order valence-corrected chi connectivity index (χ4v) is 6.93. The van der Waals surface area contributed by atoms with E-state index in [0.717, 1.165) is 23.6 Å². The molecule has 40 heavy (non-hydrogen) atoms. The maximum absolute atomic E-state index is 4.52. The third-order valence-corrected chi connectivity index (χ3v) is 9.59. The lowest BCUT2D eigenvalue weighted by atomic mass is 9.76. The van der Waals surface area contributed by atoms with Crippen molar-refractivity contribution in [3.8, 4) is 0 Å². The number of para-hydroxylation sites is 1. The van der Waals surface area contributed by atoms with Gasteiger partial charge in [-0.2, -0.15) is 0 Å². The van der Waals surface area contributed by atoms with Gasteiger partial charge >= 0.3 is 0 Å². The molecule has 0 spiro atoms. The highest BCUT2D eigenvalue weighted by molar-refractivity contribution is 8.03. The van der Waals surface area contributed by atoms with Gasteiger partial charge < -0.3 is 4.90 Å². The number of likely N-dealkylation sites (N-methyl/N-ethyl adjacent to an activating group) is 1.